The first-order valence-electron chi connectivity index (χ1n) is 11.5. The van der Waals surface area contributed by atoms with Gasteiger partial charge in [-0.2, -0.15) is 0 Å². The number of anilines is 1. The summed E-state index contributed by atoms with van der Waals surface area (Å²) < 4.78 is 12.7. The van der Waals surface area contributed by atoms with E-state index in [2.05, 4.69) is 0 Å². The molecule has 2 amide bonds. The number of carbonyl (C=O) groups excluding carboxylic acids is 2. The molecule has 2 aliphatic rings. The number of hydrogen-bond acceptors (Lipinski definition) is 4. The molecule has 34 heavy (non-hydrogen) atoms. The van der Waals surface area contributed by atoms with E-state index in [1.807, 2.05) is 97.9 Å². The van der Waals surface area contributed by atoms with Gasteiger partial charge in [-0.25, -0.2) is 0 Å². The minimum atomic E-state index is -1.60. The fourth-order valence-electron chi connectivity index (χ4n) is 4.84. The summed E-state index contributed by atoms with van der Waals surface area (Å²) in [5, 5.41) is 0. The molecule has 0 aliphatic carbocycles. The number of likely N-dealkylation sites (N-methyl/N-ethyl adjacent to an activating group) is 1. The average Bonchev–Trinajstić information content (AvgIpc) is 2.88. The zero-order valence-electron chi connectivity index (χ0n) is 19.5. The number of para-hydroxylation sites is 1. The molecule has 0 N–H and O–H groups in total. The van der Waals surface area contributed by atoms with Crippen LogP contribution in [-0.2, 0) is 19.1 Å². The third-order valence-corrected chi connectivity index (χ3v) is 6.81. The Morgan fingerprint density at radius 2 is 1.35 bits per heavy atom. The number of nitrogens with zero attached hydrogens (tertiary/aromatic N) is 2. The second-order valence-corrected chi connectivity index (χ2v) is 8.99. The van der Waals surface area contributed by atoms with Crippen molar-refractivity contribution in [1.82, 2.24) is 4.90 Å². The van der Waals surface area contributed by atoms with Crippen LogP contribution in [0, 0.1) is 0 Å². The molecule has 6 heteroatoms. The van der Waals surface area contributed by atoms with Crippen LogP contribution in [0.1, 0.15) is 37.1 Å². The van der Waals surface area contributed by atoms with Gasteiger partial charge in [0.15, 0.2) is 6.10 Å². The summed E-state index contributed by atoms with van der Waals surface area (Å²) >= 11 is 0. The Balaban J connectivity index is 1.47. The van der Waals surface area contributed by atoms with Gasteiger partial charge in [0.25, 0.3) is 11.8 Å². The monoisotopic (exact) mass is 456 g/mol. The zero-order chi connectivity index (χ0) is 23.9. The van der Waals surface area contributed by atoms with Gasteiger partial charge in [0, 0.05) is 12.7 Å². The van der Waals surface area contributed by atoms with Crippen molar-refractivity contribution in [2.75, 3.05) is 11.9 Å². The SMILES string of the molecule is C[C@H]1[C@@H](c2ccccc2)O[C@@](C)(O[C@@H]2C(=O)N(c3ccccc3)[C@@H]2c2ccccc2)C(=O)N1C. The van der Waals surface area contributed by atoms with E-state index < -0.39 is 11.9 Å². The van der Waals surface area contributed by atoms with Gasteiger partial charge >= 0.3 is 0 Å². The molecule has 2 aliphatic heterocycles. The quantitative estimate of drug-likeness (QED) is 0.531. The Morgan fingerprint density at radius 1 is 0.824 bits per heavy atom. The summed E-state index contributed by atoms with van der Waals surface area (Å²) in [6.07, 6.45) is -1.24. The molecular formula is C28H28N2O4. The maximum Gasteiger partial charge on any atom is 0.282 e. The van der Waals surface area contributed by atoms with Crippen LogP contribution < -0.4 is 4.90 Å². The molecule has 0 saturated carbocycles. The number of morpholine rings is 1. The molecule has 0 aromatic heterocycles. The lowest BCUT2D eigenvalue weighted by Crippen LogP contribution is -2.67. The first-order valence-corrected chi connectivity index (χ1v) is 11.5. The van der Waals surface area contributed by atoms with Gasteiger partial charge in [-0.15, -0.1) is 0 Å². The van der Waals surface area contributed by atoms with Gasteiger partial charge in [0.05, 0.1) is 12.1 Å². The van der Waals surface area contributed by atoms with Crippen LogP contribution >= 0.6 is 0 Å². The Morgan fingerprint density at radius 3 is 1.94 bits per heavy atom. The van der Waals surface area contributed by atoms with Gasteiger partial charge in [0.1, 0.15) is 6.10 Å². The molecule has 0 radical (unpaired) electrons. The topological polar surface area (TPSA) is 59.1 Å². The van der Waals surface area contributed by atoms with E-state index in [1.165, 1.54) is 0 Å². The fourth-order valence-corrected chi connectivity index (χ4v) is 4.84. The first kappa shape index (κ1) is 22.3. The van der Waals surface area contributed by atoms with E-state index in [-0.39, 0.29) is 30.0 Å². The van der Waals surface area contributed by atoms with Gasteiger partial charge in [0.2, 0.25) is 5.79 Å². The number of amides is 2. The van der Waals surface area contributed by atoms with Crippen molar-refractivity contribution < 1.29 is 19.1 Å². The van der Waals surface area contributed by atoms with Crippen LogP contribution in [0.15, 0.2) is 91.0 Å². The van der Waals surface area contributed by atoms with Gasteiger partial charge in [-0.3, -0.25) is 14.5 Å². The summed E-state index contributed by atoms with van der Waals surface area (Å²) in [4.78, 5) is 30.1. The van der Waals surface area contributed by atoms with Crippen molar-refractivity contribution in [3.05, 3.63) is 102 Å². The number of benzene rings is 3. The van der Waals surface area contributed by atoms with Gasteiger partial charge < -0.3 is 14.4 Å². The third kappa shape index (κ3) is 3.69. The molecule has 5 atom stereocenters. The van der Waals surface area contributed by atoms with E-state index in [9.17, 15) is 9.59 Å². The number of ether oxygens (including phenoxy) is 2. The lowest BCUT2D eigenvalue weighted by atomic mass is 9.89. The lowest BCUT2D eigenvalue weighted by molar-refractivity contribution is -0.290. The van der Waals surface area contributed by atoms with E-state index in [0.29, 0.717) is 0 Å². The molecule has 5 rings (SSSR count). The Bertz CT molecular complexity index is 1170. The van der Waals surface area contributed by atoms with Gasteiger partial charge in [-0.05, 0) is 37.1 Å². The van der Waals surface area contributed by atoms with Crippen LogP contribution in [0.25, 0.3) is 0 Å². The van der Waals surface area contributed by atoms with Crippen LogP contribution in [-0.4, -0.2) is 41.7 Å². The lowest BCUT2D eigenvalue weighted by Gasteiger charge is -2.52. The molecule has 2 fully saturated rings. The highest BCUT2D eigenvalue weighted by Crippen LogP contribution is 2.45. The fraction of sp³-hybridized carbons (Fsp3) is 0.286. The van der Waals surface area contributed by atoms with Crippen molar-refractivity contribution >= 4 is 17.5 Å². The second-order valence-electron chi connectivity index (χ2n) is 8.99. The molecule has 3 aromatic rings. The predicted octanol–water partition coefficient (Wildman–Crippen LogP) is 4.49. The van der Waals surface area contributed by atoms with E-state index in [1.54, 1.807) is 23.8 Å². The van der Waals surface area contributed by atoms with Crippen LogP contribution in [0.3, 0.4) is 0 Å². The van der Waals surface area contributed by atoms with Crippen molar-refractivity contribution in [2.24, 2.45) is 0 Å². The van der Waals surface area contributed by atoms with E-state index in [4.69, 9.17) is 9.47 Å². The van der Waals surface area contributed by atoms with Crippen molar-refractivity contribution in [3.63, 3.8) is 0 Å². The maximum atomic E-state index is 13.4. The van der Waals surface area contributed by atoms with E-state index >= 15 is 0 Å². The summed E-state index contributed by atoms with van der Waals surface area (Å²) in [5.41, 5.74) is 2.67. The summed E-state index contributed by atoms with van der Waals surface area (Å²) in [6, 6.07) is 28.5. The summed E-state index contributed by atoms with van der Waals surface area (Å²) in [5.74, 6) is -2.10. The Kier molecular flexibility index (Phi) is 5.71. The third-order valence-electron chi connectivity index (χ3n) is 6.81. The molecule has 0 spiro atoms. The molecule has 2 heterocycles. The zero-order valence-corrected chi connectivity index (χ0v) is 19.5. The molecule has 6 nitrogen and oxygen atoms in total. The minimum Gasteiger partial charge on any atom is -0.335 e. The van der Waals surface area contributed by atoms with Crippen molar-refractivity contribution in [1.29, 1.82) is 0 Å². The Hall–Kier alpha value is -3.48. The second kappa shape index (κ2) is 8.70. The standard InChI is InChI=1S/C28H28N2O4/c1-19-24(21-15-9-5-10-16-21)33-28(2,27(32)29(19)3)34-25-23(20-13-7-4-8-14-20)30(26(25)31)22-17-11-6-12-18-22/h4-19,23-25H,1-3H3/t19-,23+,24-,25-,28-/m0/s1. The van der Waals surface area contributed by atoms with Gasteiger partial charge in [-0.1, -0.05) is 78.9 Å². The highest BCUT2D eigenvalue weighted by Gasteiger charge is 2.57. The molecule has 0 unspecified atom stereocenters. The summed E-state index contributed by atoms with van der Waals surface area (Å²) in [6.45, 7) is 3.57. The molecular weight excluding hydrogens is 428 g/mol. The number of rotatable bonds is 5. The smallest absolute Gasteiger partial charge is 0.282 e. The largest absolute Gasteiger partial charge is 0.335 e. The molecule has 0 bridgehead atoms. The molecule has 2 saturated heterocycles. The van der Waals surface area contributed by atoms with Crippen molar-refractivity contribution in [2.45, 2.75) is 43.9 Å². The van der Waals surface area contributed by atoms with E-state index in [0.717, 1.165) is 16.8 Å². The van der Waals surface area contributed by atoms with Crippen LogP contribution in [0.5, 0.6) is 0 Å². The summed E-state index contributed by atoms with van der Waals surface area (Å²) in [7, 11) is 1.75. The van der Waals surface area contributed by atoms with Crippen LogP contribution in [0.4, 0.5) is 5.69 Å². The predicted molar refractivity (Wildman–Crippen MR) is 129 cm³/mol. The number of hydrogen-bond donors (Lipinski definition) is 0. The normalized spacial score (nSPS) is 29.1. The highest BCUT2D eigenvalue weighted by molar-refractivity contribution is 6.05. The Labute approximate surface area is 199 Å². The van der Waals surface area contributed by atoms with Crippen molar-refractivity contribution in [3.8, 4) is 0 Å². The minimum absolute atomic E-state index is 0.186. The molecule has 174 valence electrons. The number of β-lactam (4-membered cyclic amide) rings is 1. The molecule has 3 aromatic carbocycles. The first-order chi connectivity index (χ1) is 16.4. The maximum absolute atomic E-state index is 13.4. The van der Waals surface area contributed by atoms with Crippen LogP contribution in [0.2, 0.25) is 0 Å². The highest BCUT2D eigenvalue weighted by atomic mass is 16.7. The number of carbonyl (C=O) groups is 2. The average molecular weight is 457 g/mol.